The van der Waals surface area contributed by atoms with Gasteiger partial charge in [0, 0.05) is 18.1 Å². The summed E-state index contributed by atoms with van der Waals surface area (Å²) in [5.74, 6) is 0. The Kier molecular flexibility index (Phi) is 5.50. The predicted octanol–water partition coefficient (Wildman–Crippen LogP) is 3.56. The smallest absolute Gasteiger partial charge is 0.0327 e. The summed E-state index contributed by atoms with van der Waals surface area (Å²) >= 11 is 0. The van der Waals surface area contributed by atoms with Gasteiger partial charge >= 0.3 is 0 Å². The first-order chi connectivity index (χ1) is 8.73. The summed E-state index contributed by atoms with van der Waals surface area (Å²) in [4.78, 5) is 2.48. The van der Waals surface area contributed by atoms with E-state index >= 15 is 0 Å². The second kappa shape index (κ2) is 6.91. The maximum atomic E-state index is 3.91. The molecular formula is C16H32N2. The molecule has 0 bridgehead atoms. The standard InChI is InChI=1S/C16H32N2/c1-18(2)16(12-8-9-13-16)14-17-15-10-6-4-3-5-7-11-15/h15,17H,3-14H2,1-2H3. The molecule has 2 saturated carbocycles. The Balaban J connectivity index is 1.80. The molecule has 0 radical (unpaired) electrons. The zero-order valence-electron chi connectivity index (χ0n) is 12.5. The van der Waals surface area contributed by atoms with E-state index in [1.165, 1.54) is 77.2 Å². The second-order valence-electron chi connectivity index (χ2n) is 6.75. The molecule has 0 amide bonds. The molecule has 0 heterocycles. The highest BCUT2D eigenvalue weighted by molar-refractivity contribution is 4.95. The minimum atomic E-state index is 0.461. The van der Waals surface area contributed by atoms with Gasteiger partial charge in [-0.3, -0.25) is 0 Å². The molecule has 106 valence electrons. The van der Waals surface area contributed by atoms with Crippen molar-refractivity contribution in [2.75, 3.05) is 20.6 Å². The molecule has 0 saturated heterocycles. The van der Waals surface area contributed by atoms with Gasteiger partial charge in [0.1, 0.15) is 0 Å². The molecule has 0 aliphatic heterocycles. The quantitative estimate of drug-likeness (QED) is 0.823. The van der Waals surface area contributed by atoms with Gasteiger partial charge in [-0.2, -0.15) is 0 Å². The van der Waals surface area contributed by atoms with Crippen LogP contribution in [0.4, 0.5) is 0 Å². The molecule has 0 aromatic carbocycles. The summed E-state index contributed by atoms with van der Waals surface area (Å²) in [6.45, 7) is 1.21. The molecule has 1 N–H and O–H groups in total. The summed E-state index contributed by atoms with van der Waals surface area (Å²) in [7, 11) is 4.54. The minimum Gasteiger partial charge on any atom is -0.312 e. The van der Waals surface area contributed by atoms with Crippen LogP contribution in [0.25, 0.3) is 0 Å². The van der Waals surface area contributed by atoms with Crippen LogP contribution in [0, 0.1) is 0 Å². The van der Waals surface area contributed by atoms with E-state index in [1.54, 1.807) is 0 Å². The molecule has 0 atom stereocenters. The molecule has 2 aliphatic rings. The molecule has 0 aromatic rings. The van der Waals surface area contributed by atoms with Gasteiger partial charge in [-0.1, -0.05) is 44.9 Å². The first kappa shape index (κ1) is 14.3. The van der Waals surface area contributed by atoms with Crippen LogP contribution < -0.4 is 5.32 Å². The highest BCUT2D eigenvalue weighted by Crippen LogP contribution is 2.33. The molecule has 2 rings (SSSR count). The van der Waals surface area contributed by atoms with Crippen molar-refractivity contribution in [2.24, 2.45) is 0 Å². The fraction of sp³-hybridized carbons (Fsp3) is 1.00. The van der Waals surface area contributed by atoms with E-state index in [0.29, 0.717) is 5.54 Å². The highest BCUT2D eigenvalue weighted by atomic mass is 15.2. The molecule has 2 fully saturated rings. The van der Waals surface area contributed by atoms with Crippen LogP contribution in [-0.4, -0.2) is 37.1 Å². The highest BCUT2D eigenvalue weighted by Gasteiger charge is 2.35. The van der Waals surface area contributed by atoms with Crippen LogP contribution in [0.5, 0.6) is 0 Å². The average molecular weight is 252 g/mol. The first-order valence-electron chi connectivity index (χ1n) is 8.14. The van der Waals surface area contributed by atoms with Crippen molar-refractivity contribution in [3.63, 3.8) is 0 Å². The van der Waals surface area contributed by atoms with Gasteiger partial charge in [0.05, 0.1) is 0 Å². The van der Waals surface area contributed by atoms with Crippen LogP contribution in [0.15, 0.2) is 0 Å². The lowest BCUT2D eigenvalue weighted by Gasteiger charge is -2.38. The second-order valence-corrected chi connectivity index (χ2v) is 6.75. The van der Waals surface area contributed by atoms with Gasteiger partial charge in [-0.05, 0) is 39.8 Å². The van der Waals surface area contributed by atoms with E-state index < -0.39 is 0 Å². The monoisotopic (exact) mass is 252 g/mol. The van der Waals surface area contributed by atoms with Crippen molar-refractivity contribution in [3.8, 4) is 0 Å². The van der Waals surface area contributed by atoms with Gasteiger partial charge < -0.3 is 10.2 Å². The van der Waals surface area contributed by atoms with Gasteiger partial charge in [0.2, 0.25) is 0 Å². The summed E-state index contributed by atoms with van der Waals surface area (Å²) in [5, 5.41) is 3.91. The normalized spacial score (nSPS) is 26.2. The Bertz CT molecular complexity index is 223. The van der Waals surface area contributed by atoms with Crippen molar-refractivity contribution in [2.45, 2.75) is 82.2 Å². The minimum absolute atomic E-state index is 0.461. The van der Waals surface area contributed by atoms with E-state index in [1.807, 2.05) is 0 Å². The molecule has 18 heavy (non-hydrogen) atoms. The SMILES string of the molecule is CN(C)C1(CNC2CCCCCCC2)CCCC1. The lowest BCUT2D eigenvalue weighted by Crippen LogP contribution is -2.51. The number of hydrogen-bond acceptors (Lipinski definition) is 2. The van der Waals surface area contributed by atoms with Gasteiger partial charge in [0.25, 0.3) is 0 Å². The Hall–Kier alpha value is -0.0800. The van der Waals surface area contributed by atoms with Gasteiger partial charge in [-0.15, -0.1) is 0 Å². The number of hydrogen-bond donors (Lipinski definition) is 1. The van der Waals surface area contributed by atoms with E-state index in [2.05, 4.69) is 24.3 Å². The third kappa shape index (κ3) is 3.71. The number of nitrogens with zero attached hydrogens (tertiary/aromatic N) is 1. The van der Waals surface area contributed by atoms with Crippen molar-refractivity contribution in [3.05, 3.63) is 0 Å². The summed E-state index contributed by atoms with van der Waals surface area (Å²) in [5.41, 5.74) is 0.461. The molecule has 2 nitrogen and oxygen atoms in total. The van der Waals surface area contributed by atoms with Crippen LogP contribution in [0.2, 0.25) is 0 Å². The fourth-order valence-corrected chi connectivity index (χ4v) is 3.81. The van der Waals surface area contributed by atoms with Crippen LogP contribution in [0.3, 0.4) is 0 Å². The van der Waals surface area contributed by atoms with Crippen LogP contribution in [-0.2, 0) is 0 Å². The van der Waals surface area contributed by atoms with Crippen LogP contribution in [0.1, 0.15) is 70.6 Å². The Morgan fingerprint density at radius 3 is 2.00 bits per heavy atom. The Morgan fingerprint density at radius 1 is 0.889 bits per heavy atom. The van der Waals surface area contributed by atoms with Crippen molar-refractivity contribution in [1.82, 2.24) is 10.2 Å². The Labute approximate surface area is 114 Å². The van der Waals surface area contributed by atoms with E-state index in [0.717, 1.165) is 6.04 Å². The van der Waals surface area contributed by atoms with Crippen molar-refractivity contribution >= 4 is 0 Å². The van der Waals surface area contributed by atoms with Crippen molar-refractivity contribution in [1.29, 1.82) is 0 Å². The first-order valence-corrected chi connectivity index (χ1v) is 8.14. The van der Waals surface area contributed by atoms with Gasteiger partial charge in [0.15, 0.2) is 0 Å². The van der Waals surface area contributed by atoms with E-state index in [9.17, 15) is 0 Å². The molecule has 0 aromatic heterocycles. The Morgan fingerprint density at radius 2 is 1.44 bits per heavy atom. The molecule has 0 spiro atoms. The van der Waals surface area contributed by atoms with Crippen LogP contribution >= 0.6 is 0 Å². The van der Waals surface area contributed by atoms with E-state index in [4.69, 9.17) is 0 Å². The molecule has 0 unspecified atom stereocenters. The lowest BCUT2D eigenvalue weighted by atomic mass is 9.93. The predicted molar refractivity (Wildman–Crippen MR) is 79.0 cm³/mol. The largest absolute Gasteiger partial charge is 0.312 e. The third-order valence-electron chi connectivity index (χ3n) is 5.31. The number of nitrogens with one attached hydrogen (secondary N) is 1. The average Bonchev–Trinajstić information content (AvgIpc) is 2.77. The van der Waals surface area contributed by atoms with Crippen molar-refractivity contribution < 1.29 is 0 Å². The maximum absolute atomic E-state index is 3.91. The fourth-order valence-electron chi connectivity index (χ4n) is 3.81. The molecule has 2 heteroatoms. The summed E-state index contributed by atoms with van der Waals surface area (Å²) < 4.78 is 0. The van der Waals surface area contributed by atoms with Gasteiger partial charge in [-0.25, -0.2) is 0 Å². The number of likely N-dealkylation sites (N-methyl/N-ethyl adjacent to an activating group) is 1. The maximum Gasteiger partial charge on any atom is 0.0327 e. The number of rotatable bonds is 4. The molecule has 2 aliphatic carbocycles. The summed E-state index contributed by atoms with van der Waals surface area (Å²) in [6, 6.07) is 0.794. The topological polar surface area (TPSA) is 15.3 Å². The zero-order valence-corrected chi connectivity index (χ0v) is 12.5. The van der Waals surface area contributed by atoms with E-state index in [-0.39, 0.29) is 0 Å². The lowest BCUT2D eigenvalue weighted by molar-refractivity contribution is 0.146. The summed E-state index contributed by atoms with van der Waals surface area (Å²) in [6.07, 6.45) is 15.7. The molecular weight excluding hydrogens is 220 g/mol. The third-order valence-corrected chi connectivity index (χ3v) is 5.31. The zero-order chi connectivity index (χ0) is 12.8.